The van der Waals surface area contributed by atoms with Crippen LogP contribution in [0.4, 0.5) is 0 Å². The molecule has 14 heavy (non-hydrogen) atoms. The van der Waals surface area contributed by atoms with Crippen molar-refractivity contribution in [1.29, 1.82) is 0 Å². The van der Waals surface area contributed by atoms with Crippen LogP contribution in [0.25, 0.3) is 20.4 Å². The molecular formula is C8H6Al2N2S2. The molecular weight excluding hydrogens is 242 g/mol. The third-order valence-electron chi connectivity index (χ3n) is 2.11. The van der Waals surface area contributed by atoms with E-state index < -0.39 is 0 Å². The first-order valence-electron chi connectivity index (χ1n) is 4.37. The van der Waals surface area contributed by atoms with Crippen molar-refractivity contribution in [1.82, 2.24) is 9.97 Å². The van der Waals surface area contributed by atoms with Gasteiger partial charge >= 0.3 is 32.6 Å². The number of hydrogen-bond donors (Lipinski definition) is 0. The van der Waals surface area contributed by atoms with Crippen LogP contribution in [0.5, 0.6) is 0 Å². The molecule has 3 aromatic rings. The molecule has 0 aliphatic carbocycles. The molecule has 2 heterocycles. The number of rotatable bonds is 0. The first-order valence-corrected chi connectivity index (χ1v) is 8.00. The van der Waals surface area contributed by atoms with Gasteiger partial charge in [-0.1, -0.05) is 0 Å². The molecule has 6 heteroatoms. The van der Waals surface area contributed by atoms with Gasteiger partial charge in [0.2, 0.25) is 0 Å². The number of thiazole rings is 2. The summed E-state index contributed by atoms with van der Waals surface area (Å²) in [5, 5.41) is 0. The van der Waals surface area contributed by atoms with Gasteiger partial charge in [-0.15, -0.1) is 22.7 Å². The second-order valence-corrected chi connectivity index (χ2v) is 9.07. The first kappa shape index (κ1) is 9.30. The highest BCUT2D eigenvalue weighted by Crippen LogP contribution is 2.24. The Kier molecular flexibility index (Phi) is 2.18. The van der Waals surface area contributed by atoms with Crippen LogP contribution in [0.15, 0.2) is 12.1 Å². The molecule has 0 bridgehead atoms. The van der Waals surface area contributed by atoms with E-state index in [9.17, 15) is 0 Å². The monoisotopic (exact) mass is 248 g/mol. The average molecular weight is 248 g/mol. The molecule has 0 saturated heterocycles. The topological polar surface area (TPSA) is 25.8 Å². The highest BCUT2D eigenvalue weighted by Gasteiger charge is 2.05. The van der Waals surface area contributed by atoms with Gasteiger partial charge in [0.1, 0.15) is 0 Å². The standard InChI is InChI=1S/C8H2N2S2.2Al.4H/c1-5-8(12-3-9-5)2-6-7(1)11-4-10-6;;;;;;/h1-2H;;;;;;. The number of aromatic nitrogens is 2. The summed E-state index contributed by atoms with van der Waals surface area (Å²) in [7, 11) is 0. The molecule has 0 saturated carbocycles. The van der Waals surface area contributed by atoms with Crippen LogP contribution < -0.4 is 7.74 Å². The van der Waals surface area contributed by atoms with Crippen molar-refractivity contribution in [3.05, 3.63) is 12.1 Å². The van der Waals surface area contributed by atoms with Crippen molar-refractivity contribution in [3.63, 3.8) is 0 Å². The zero-order chi connectivity index (χ0) is 9.71. The van der Waals surface area contributed by atoms with Gasteiger partial charge in [-0.3, -0.25) is 9.97 Å². The molecule has 0 aliphatic rings. The lowest BCUT2D eigenvalue weighted by molar-refractivity contribution is 1.54. The predicted octanol–water partition coefficient (Wildman–Crippen LogP) is -0.577. The Morgan fingerprint density at radius 1 is 0.857 bits per heavy atom. The van der Waals surface area contributed by atoms with Crippen molar-refractivity contribution >= 4 is 83.4 Å². The summed E-state index contributed by atoms with van der Waals surface area (Å²) in [6, 6.07) is 4.36. The van der Waals surface area contributed by atoms with Crippen LogP contribution in [0, 0.1) is 0 Å². The fourth-order valence-corrected chi connectivity index (χ4v) is 5.07. The lowest BCUT2D eigenvalue weighted by Crippen LogP contribution is -1.96. The van der Waals surface area contributed by atoms with Crippen molar-refractivity contribution in [3.8, 4) is 0 Å². The Labute approximate surface area is 105 Å². The second kappa shape index (κ2) is 3.28. The minimum absolute atomic E-state index is 1.05. The maximum absolute atomic E-state index is 4.54. The smallest absolute Gasteiger partial charge is 0.261 e. The van der Waals surface area contributed by atoms with Gasteiger partial charge < -0.3 is 0 Å². The van der Waals surface area contributed by atoms with Gasteiger partial charge in [0, 0.05) is 7.74 Å². The summed E-state index contributed by atoms with van der Waals surface area (Å²) < 4.78 is 5.11. The summed E-state index contributed by atoms with van der Waals surface area (Å²) >= 11 is 5.70. The molecule has 2 aromatic heterocycles. The minimum Gasteiger partial charge on any atom is -0.261 e. The first-order chi connectivity index (χ1) is 6.72. The van der Waals surface area contributed by atoms with E-state index in [-0.39, 0.29) is 0 Å². The molecule has 66 valence electrons. The lowest BCUT2D eigenvalue weighted by Gasteiger charge is -1.87. The predicted molar refractivity (Wildman–Crippen MR) is 69.2 cm³/mol. The van der Waals surface area contributed by atoms with E-state index in [1.165, 1.54) is 17.1 Å². The van der Waals surface area contributed by atoms with Crippen LogP contribution in [0.2, 0.25) is 0 Å². The molecule has 2 nitrogen and oxygen atoms in total. The molecule has 0 amide bonds. The molecule has 0 aliphatic heterocycles. The summed E-state index contributed by atoms with van der Waals surface area (Å²) in [4.78, 5) is 9.09. The lowest BCUT2D eigenvalue weighted by atomic mass is 10.3. The molecule has 0 radical (unpaired) electrons. The molecule has 0 N–H and O–H groups in total. The average Bonchev–Trinajstić information content (AvgIpc) is 2.59. The van der Waals surface area contributed by atoms with E-state index in [0.717, 1.165) is 43.6 Å². The molecule has 0 fully saturated rings. The SMILES string of the molecule is [AlH2][c]1nc2cc3s[c]([AlH2])nc3cc2s1. The Hall–Kier alpha value is 0.0649. The van der Waals surface area contributed by atoms with Crippen LogP contribution in [0.3, 0.4) is 0 Å². The van der Waals surface area contributed by atoms with Crippen molar-refractivity contribution < 1.29 is 0 Å². The van der Waals surface area contributed by atoms with Crippen LogP contribution in [-0.2, 0) is 0 Å². The third kappa shape index (κ3) is 1.44. The van der Waals surface area contributed by atoms with Crippen LogP contribution in [-0.4, -0.2) is 42.5 Å². The third-order valence-corrected chi connectivity index (χ3v) is 5.65. The van der Waals surface area contributed by atoms with Gasteiger partial charge in [-0.05, 0) is 12.1 Å². The van der Waals surface area contributed by atoms with E-state index in [4.69, 9.17) is 0 Å². The van der Waals surface area contributed by atoms with Crippen molar-refractivity contribution in [2.45, 2.75) is 0 Å². The van der Waals surface area contributed by atoms with Crippen molar-refractivity contribution in [2.75, 3.05) is 0 Å². The maximum Gasteiger partial charge on any atom is 0.307 e. The number of hydrogen-bond acceptors (Lipinski definition) is 4. The minimum atomic E-state index is 1.05. The summed E-state index contributed by atoms with van der Waals surface area (Å²) in [5.74, 6) is 0. The fraction of sp³-hybridized carbons (Fsp3) is 0. The number of fused-ring (bicyclic) bond motifs is 2. The quantitative estimate of drug-likeness (QED) is 0.498. The highest BCUT2D eigenvalue weighted by molar-refractivity contribution is 7.27. The normalized spacial score (nSPS) is 11.4. The molecule has 0 unspecified atom stereocenters. The summed E-state index contributed by atoms with van der Waals surface area (Å²) in [5.41, 5.74) is 2.30. The molecule has 3 rings (SSSR count). The van der Waals surface area contributed by atoms with Gasteiger partial charge in [0.05, 0.1) is 20.4 Å². The van der Waals surface area contributed by atoms with E-state index >= 15 is 0 Å². The Morgan fingerprint density at radius 3 is 1.71 bits per heavy atom. The summed E-state index contributed by atoms with van der Waals surface area (Å²) in [6.07, 6.45) is 0. The van der Waals surface area contributed by atoms with E-state index in [0.29, 0.717) is 0 Å². The number of benzene rings is 1. The van der Waals surface area contributed by atoms with Gasteiger partial charge in [0.15, 0.2) is 0 Å². The Bertz CT molecular complexity index is 526. The maximum atomic E-state index is 4.54. The van der Waals surface area contributed by atoms with Crippen molar-refractivity contribution in [2.24, 2.45) is 0 Å². The van der Waals surface area contributed by atoms with Gasteiger partial charge in [-0.2, -0.15) is 0 Å². The molecule has 0 spiro atoms. The zero-order valence-corrected chi connectivity index (χ0v) is 13.5. The van der Waals surface area contributed by atoms with E-state index in [1.807, 2.05) is 0 Å². The van der Waals surface area contributed by atoms with E-state index in [2.05, 4.69) is 22.1 Å². The second-order valence-electron chi connectivity index (χ2n) is 3.25. The van der Waals surface area contributed by atoms with Gasteiger partial charge in [0.25, 0.3) is 0 Å². The molecule has 1 aromatic carbocycles. The Morgan fingerprint density at radius 2 is 1.29 bits per heavy atom. The zero-order valence-electron chi connectivity index (χ0n) is 7.87. The van der Waals surface area contributed by atoms with Crippen LogP contribution in [0.1, 0.15) is 0 Å². The number of nitrogens with zero attached hydrogens (tertiary/aromatic N) is 2. The fourth-order valence-electron chi connectivity index (χ4n) is 1.58. The summed E-state index contributed by atoms with van der Waals surface area (Å²) in [6.45, 7) is 0. The van der Waals surface area contributed by atoms with E-state index in [1.54, 1.807) is 22.7 Å². The largest absolute Gasteiger partial charge is 0.307 e. The highest BCUT2D eigenvalue weighted by atomic mass is 32.1. The molecule has 0 atom stereocenters. The van der Waals surface area contributed by atoms with Gasteiger partial charge in [-0.25, -0.2) is 0 Å². The van der Waals surface area contributed by atoms with Crippen LogP contribution >= 0.6 is 22.7 Å². The Balaban J connectivity index is 2.49.